The predicted octanol–water partition coefficient (Wildman–Crippen LogP) is 2.35. The molecule has 0 spiro atoms. The van der Waals surface area contributed by atoms with E-state index in [2.05, 4.69) is 11.8 Å². The summed E-state index contributed by atoms with van der Waals surface area (Å²) in [5.74, 6) is 0.167. The van der Waals surface area contributed by atoms with Gasteiger partial charge in [0.05, 0.1) is 6.54 Å². The SMILES string of the molecule is CCCN(CC(=O)N(CC)CC)c1cccc(N)c1. The second-order valence-electron chi connectivity index (χ2n) is 4.58. The van der Waals surface area contributed by atoms with E-state index in [0.29, 0.717) is 6.54 Å². The Bertz CT molecular complexity index is 402. The van der Waals surface area contributed by atoms with Gasteiger partial charge in [-0.1, -0.05) is 13.0 Å². The highest BCUT2D eigenvalue weighted by molar-refractivity contribution is 5.81. The molecule has 0 aliphatic heterocycles. The van der Waals surface area contributed by atoms with Crippen molar-refractivity contribution in [3.05, 3.63) is 24.3 Å². The topological polar surface area (TPSA) is 49.6 Å². The van der Waals surface area contributed by atoms with Crippen molar-refractivity contribution in [3.8, 4) is 0 Å². The summed E-state index contributed by atoms with van der Waals surface area (Å²) in [6, 6.07) is 7.71. The average molecular weight is 263 g/mol. The third kappa shape index (κ3) is 4.47. The monoisotopic (exact) mass is 263 g/mol. The van der Waals surface area contributed by atoms with Crippen LogP contribution in [0.2, 0.25) is 0 Å². The Balaban J connectivity index is 2.81. The zero-order valence-electron chi connectivity index (χ0n) is 12.2. The zero-order valence-corrected chi connectivity index (χ0v) is 12.2. The first-order valence-corrected chi connectivity index (χ1v) is 7.00. The molecule has 0 atom stereocenters. The Labute approximate surface area is 116 Å². The van der Waals surface area contributed by atoms with Crippen LogP contribution in [0.25, 0.3) is 0 Å². The molecule has 4 nitrogen and oxygen atoms in total. The number of anilines is 2. The van der Waals surface area contributed by atoms with Gasteiger partial charge in [0.1, 0.15) is 0 Å². The smallest absolute Gasteiger partial charge is 0.242 e. The van der Waals surface area contributed by atoms with Gasteiger partial charge in [-0.15, -0.1) is 0 Å². The van der Waals surface area contributed by atoms with E-state index >= 15 is 0 Å². The Kier molecular flexibility index (Phi) is 6.19. The van der Waals surface area contributed by atoms with Gasteiger partial charge in [0.2, 0.25) is 5.91 Å². The lowest BCUT2D eigenvalue weighted by Crippen LogP contribution is -2.40. The molecular formula is C15H25N3O. The molecule has 1 rings (SSSR count). The van der Waals surface area contributed by atoms with Gasteiger partial charge in [-0.25, -0.2) is 0 Å². The van der Waals surface area contributed by atoms with E-state index in [1.807, 2.05) is 43.0 Å². The van der Waals surface area contributed by atoms with Crippen LogP contribution in [0.3, 0.4) is 0 Å². The summed E-state index contributed by atoms with van der Waals surface area (Å²) in [6.07, 6.45) is 1.00. The summed E-state index contributed by atoms with van der Waals surface area (Å²) in [6.45, 7) is 8.91. The highest BCUT2D eigenvalue weighted by atomic mass is 16.2. The Morgan fingerprint density at radius 2 is 1.89 bits per heavy atom. The summed E-state index contributed by atoms with van der Waals surface area (Å²) in [7, 11) is 0. The van der Waals surface area contributed by atoms with Gasteiger partial charge in [0.15, 0.2) is 0 Å². The minimum atomic E-state index is 0.167. The van der Waals surface area contributed by atoms with Crippen molar-refractivity contribution in [2.45, 2.75) is 27.2 Å². The summed E-state index contributed by atoms with van der Waals surface area (Å²) in [5, 5.41) is 0. The van der Waals surface area contributed by atoms with Crippen LogP contribution in [0.5, 0.6) is 0 Å². The molecule has 0 radical (unpaired) electrons. The molecule has 0 heterocycles. The summed E-state index contributed by atoms with van der Waals surface area (Å²) in [4.78, 5) is 16.2. The number of carbonyl (C=O) groups excluding carboxylic acids is 1. The molecule has 106 valence electrons. The highest BCUT2D eigenvalue weighted by Gasteiger charge is 2.15. The van der Waals surface area contributed by atoms with E-state index in [-0.39, 0.29) is 5.91 Å². The number of nitrogens with zero attached hydrogens (tertiary/aromatic N) is 2. The maximum atomic E-state index is 12.2. The second kappa shape index (κ2) is 7.67. The third-order valence-corrected chi connectivity index (χ3v) is 3.17. The lowest BCUT2D eigenvalue weighted by molar-refractivity contribution is -0.129. The molecule has 0 aliphatic carbocycles. The number of carbonyl (C=O) groups is 1. The normalized spacial score (nSPS) is 10.3. The Morgan fingerprint density at radius 1 is 1.21 bits per heavy atom. The molecular weight excluding hydrogens is 238 g/mol. The van der Waals surface area contributed by atoms with Gasteiger partial charge in [-0.05, 0) is 38.5 Å². The first-order chi connectivity index (χ1) is 9.12. The minimum Gasteiger partial charge on any atom is -0.399 e. The fourth-order valence-electron chi connectivity index (χ4n) is 2.13. The van der Waals surface area contributed by atoms with Crippen LogP contribution in [0, 0.1) is 0 Å². The largest absolute Gasteiger partial charge is 0.399 e. The first-order valence-electron chi connectivity index (χ1n) is 7.00. The van der Waals surface area contributed by atoms with E-state index in [1.54, 1.807) is 0 Å². The van der Waals surface area contributed by atoms with E-state index in [4.69, 9.17) is 5.73 Å². The van der Waals surface area contributed by atoms with Gasteiger partial charge in [-0.3, -0.25) is 4.79 Å². The average Bonchev–Trinajstić information content (AvgIpc) is 2.39. The van der Waals surface area contributed by atoms with E-state index in [9.17, 15) is 4.79 Å². The van der Waals surface area contributed by atoms with Gasteiger partial charge in [0.25, 0.3) is 0 Å². The van der Waals surface area contributed by atoms with Crippen molar-refractivity contribution >= 4 is 17.3 Å². The van der Waals surface area contributed by atoms with Gasteiger partial charge in [-0.2, -0.15) is 0 Å². The minimum absolute atomic E-state index is 0.167. The molecule has 0 saturated heterocycles. The number of hydrogen-bond donors (Lipinski definition) is 1. The molecule has 0 saturated carbocycles. The molecule has 0 bridgehead atoms. The van der Waals surface area contributed by atoms with Crippen molar-refractivity contribution < 1.29 is 4.79 Å². The number of nitrogen functional groups attached to an aromatic ring is 1. The molecule has 1 amide bonds. The van der Waals surface area contributed by atoms with Crippen molar-refractivity contribution in [2.75, 3.05) is 36.8 Å². The van der Waals surface area contributed by atoms with Crippen LogP contribution in [0.1, 0.15) is 27.2 Å². The molecule has 1 aromatic rings. The first kappa shape index (κ1) is 15.3. The Morgan fingerprint density at radius 3 is 2.42 bits per heavy atom. The summed E-state index contributed by atoms with van der Waals surface area (Å²) < 4.78 is 0. The third-order valence-electron chi connectivity index (χ3n) is 3.17. The van der Waals surface area contributed by atoms with Crippen molar-refractivity contribution in [3.63, 3.8) is 0 Å². The highest BCUT2D eigenvalue weighted by Crippen LogP contribution is 2.18. The second-order valence-corrected chi connectivity index (χ2v) is 4.58. The maximum Gasteiger partial charge on any atom is 0.242 e. The zero-order chi connectivity index (χ0) is 14.3. The van der Waals surface area contributed by atoms with E-state index < -0.39 is 0 Å². The quantitative estimate of drug-likeness (QED) is 0.768. The van der Waals surface area contributed by atoms with Crippen LogP contribution < -0.4 is 10.6 Å². The fraction of sp³-hybridized carbons (Fsp3) is 0.533. The number of benzene rings is 1. The predicted molar refractivity (Wildman–Crippen MR) is 81.3 cm³/mol. The van der Waals surface area contributed by atoms with Crippen LogP contribution in [-0.4, -0.2) is 37.0 Å². The van der Waals surface area contributed by atoms with E-state index in [0.717, 1.165) is 37.4 Å². The molecule has 0 unspecified atom stereocenters. The van der Waals surface area contributed by atoms with Gasteiger partial charge in [0, 0.05) is 31.0 Å². The van der Waals surface area contributed by atoms with Crippen molar-refractivity contribution in [1.82, 2.24) is 4.90 Å². The van der Waals surface area contributed by atoms with Crippen LogP contribution >= 0.6 is 0 Å². The molecule has 2 N–H and O–H groups in total. The number of likely N-dealkylation sites (N-methyl/N-ethyl adjacent to an activating group) is 1. The molecule has 0 aliphatic rings. The Hall–Kier alpha value is -1.71. The molecule has 0 fully saturated rings. The van der Waals surface area contributed by atoms with Crippen molar-refractivity contribution in [1.29, 1.82) is 0 Å². The number of nitrogens with two attached hydrogens (primary N) is 1. The molecule has 1 aromatic carbocycles. The van der Waals surface area contributed by atoms with Gasteiger partial charge < -0.3 is 15.5 Å². The number of amides is 1. The van der Waals surface area contributed by atoms with Gasteiger partial charge >= 0.3 is 0 Å². The lowest BCUT2D eigenvalue weighted by atomic mass is 10.2. The van der Waals surface area contributed by atoms with Crippen LogP contribution in [-0.2, 0) is 4.79 Å². The maximum absolute atomic E-state index is 12.2. The standard InChI is InChI=1S/C15H25N3O/c1-4-10-18(12-15(19)17(5-2)6-3)14-9-7-8-13(16)11-14/h7-9,11H,4-6,10,12,16H2,1-3H3. The molecule has 0 aromatic heterocycles. The van der Waals surface area contributed by atoms with Crippen LogP contribution in [0.15, 0.2) is 24.3 Å². The summed E-state index contributed by atoms with van der Waals surface area (Å²) in [5.41, 5.74) is 7.56. The lowest BCUT2D eigenvalue weighted by Gasteiger charge is -2.27. The molecule has 4 heteroatoms. The van der Waals surface area contributed by atoms with E-state index in [1.165, 1.54) is 0 Å². The van der Waals surface area contributed by atoms with Crippen LogP contribution in [0.4, 0.5) is 11.4 Å². The summed E-state index contributed by atoms with van der Waals surface area (Å²) >= 11 is 0. The molecule has 19 heavy (non-hydrogen) atoms. The number of rotatable bonds is 7. The van der Waals surface area contributed by atoms with Crippen molar-refractivity contribution in [2.24, 2.45) is 0 Å². The fourth-order valence-corrected chi connectivity index (χ4v) is 2.13. The number of hydrogen-bond acceptors (Lipinski definition) is 3.